The molecule has 0 spiro atoms. The minimum atomic E-state index is 0.618. The van der Waals surface area contributed by atoms with Crippen LogP contribution in [0.3, 0.4) is 0 Å². The maximum Gasteiger partial charge on any atom is 0.130 e. The summed E-state index contributed by atoms with van der Waals surface area (Å²) >= 11 is 0. The first-order chi connectivity index (χ1) is 10.3. The van der Waals surface area contributed by atoms with E-state index in [0.29, 0.717) is 18.8 Å². The van der Waals surface area contributed by atoms with Crippen LogP contribution in [0.25, 0.3) is 0 Å². The highest BCUT2D eigenvalue weighted by Crippen LogP contribution is 2.33. The smallest absolute Gasteiger partial charge is 0.130 e. The lowest BCUT2D eigenvalue weighted by molar-refractivity contribution is 0.366. The Bertz CT molecular complexity index is 548. The minimum absolute atomic E-state index is 0.618. The number of hydrogen-bond donors (Lipinski definition) is 1. The maximum absolute atomic E-state index is 5.42. The van der Waals surface area contributed by atoms with Gasteiger partial charge in [0.1, 0.15) is 17.2 Å². The van der Waals surface area contributed by atoms with Gasteiger partial charge in [0.25, 0.3) is 0 Å². The number of methoxy groups -OCH3 is 3. The molecule has 0 aliphatic rings. The first-order valence-electron chi connectivity index (χ1n) is 6.68. The third-order valence-electron chi connectivity index (χ3n) is 3.15. The van der Waals surface area contributed by atoms with Gasteiger partial charge in [-0.3, -0.25) is 4.98 Å². The van der Waals surface area contributed by atoms with Gasteiger partial charge in [-0.2, -0.15) is 0 Å². The molecule has 0 saturated heterocycles. The number of ether oxygens (including phenoxy) is 3. The molecule has 2 aromatic rings. The largest absolute Gasteiger partial charge is 0.496 e. The molecule has 0 saturated carbocycles. The van der Waals surface area contributed by atoms with Gasteiger partial charge in [-0.25, -0.2) is 0 Å². The van der Waals surface area contributed by atoms with E-state index in [2.05, 4.69) is 10.3 Å². The fourth-order valence-electron chi connectivity index (χ4n) is 2.07. The Morgan fingerprint density at radius 1 is 0.952 bits per heavy atom. The number of benzene rings is 1. The second kappa shape index (κ2) is 7.50. The van der Waals surface area contributed by atoms with Gasteiger partial charge in [-0.1, -0.05) is 6.07 Å². The summed E-state index contributed by atoms with van der Waals surface area (Å²) < 4.78 is 16.1. The Balaban J connectivity index is 2.11. The average molecular weight is 288 g/mol. The maximum atomic E-state index is 5.42. The second-order valence-corrected chi connectivity index (χ2v) is 4.44. The van der Waals surface area contributed by atoms with Gasteiger partial charge in [-0.05, 0) is 12.1 Å². The highest BCUT2D eigenvalue weighted by Gasteiger charge is 2.12. The molecule has 5 heteroatoms. The molecule has 5 nitrogen and oxygen atoms in total. The Kier molecular flexibility index (Phi) is 5.40. The Hall–Kier alpha value is -2.27. The Morgan fingerprint density at radius 2 is 1.67 bits per heavy atom. The van der Waals surface area contributed by atoms with E-state index in [-0.39, 0.29) is 0 Å². The van der Waals surface area contributed by atoms with Crippen LogP contribution in [0.2, 0.25) is 0 Å². The molecule has 1 aromatic carbocycles. The molecule has 1 heterocycles. The van der Waals surface area contributed by atoms with E-state index in [1.54, 1.807) is 27.5 Å². The molecule has 0 aliphatic carbocycles. The molecule has 112 valence electrons. The number of pyridine rings is 1. The normalized spacial score (nSPS) is 10.2. The van der Waals surface area contributed by atoms with E-state index in [4.69, 9.17) is 14.2 Å². The molecule has 2 rings (SSSR count). The van der Waals surface area contributed by atoms with Gasteiger partial charge in [-0.15, -0.1) is 0 Å². The average Bonchev–Trinajstić information content (AvgIpc) is 2.55. The molecule has 1 N–H and O–H groups in total. The summed E-state index contributed by atoms with van der Waals surface area (Å²) in [5.74, 6) is 2.18. The first-order valence-corrected chi connectivity index (χ1v) is 6.68. The lowest BCUT2D eigenvalue weighted by Gasteiger charge is -2.15. The van der Waals surface area contributed by atoms with Gasteiger partial charge in [0.15, 0.2) is 0 Å². The summed E-state index contributed by atoms with van der Waals surface area (Å²) in [7, 11) is 4.89. The Morgan fingerprint density at radius 3 is 2.19 bits per heavy atom. The SMILES string of the molecule is COc1cc(OC)c(CNCc2ccccn2)c(OC)c1. The molecule has 0 radical (unpaired) electrons. The molecule has 0 atom stereocenters. The number of rotatable bonds is 7. The fourth-order valence-corrected chi connectivity index (χ4v) is 2.07. The van der Waals surface area contributed by atoms with Gasteiger partial charge in [0.2, 0.25) is 0 Å². The summed E-state index contributed by atoms with van der Waals surface area (Å²) in [6, 6.07) is 9.55. The zero-order chi connectivity index (χ0) is 15.1. The van der Waals surface area contributed by atoms with E-state index < -0.39 is 0 Å². The molecule has 0 amide bonds. The quantitative estimate of drug-likeness (QED) is 0.848. The lowest BCUT2D eigenvalue weighted by atomic mass is 10.1. The van der Waals surface area contributed by atoms with Crippen molar-refractivity contribution in [1.29, 1.82) is 0 Å². The molecule has 0 unspecified atom stereocenters. The van der Waals surface area contributed by atoms with Crippen LogP contribution in [0, 0.1) is 0 Å². The summed E-state index contributed by atoms with van der Waals surface area (Å²) in [5.41, 5.74) is 1.95. The summed E-state index contributed by atoms with van der Waals surface area (Å²) in [4.78, 5) is 4.28. The van der Waals surface area contributed by atoms with Crippen molar-refractivity contribution in [3.63, 3.8) is 0 Å². The minimum Gasteiger partial charge on any atom is -0.496 e. The molecule has 0 aliphatic heterocycles. The highest BCUT2D eigenvalue weighted by molar-refractivity contribution is 5.50. The predicted octanol–water partition coefficient (Wildman–Crippen LogP) is 2.40. The molecule has 21 heavy (non-hydrogen) atoms. The number of aromatic nitrogens is 1. The standard InChI is InChI=1S/C16H20N2O3/c1-19-13-8-15(20-2)14(16(9-13)21-3)11-17-10-12-6-4-5-7-18-12/h4-9,17H,10-11H2,1-3H3. The molecule has 0 bridgehead atoms. The van der Waals surface area contributed by atoms with Gasteiger partial charge in [0, 0.05) is 31.4 Å². The number of hydrogen-bond acceptors (Lipinski definition) is 5. The van der Waals surface area contributed by atoms with E-state index in [0.717, 1.165) is 22.8 Å². The summed E-state index contributed by atoms with van der Waals surface area (Å²) in [5, 5.41) is 3.34. The van der Waals surface area contributed by atoms with Crippen molar-refractivity contribution in [3.05, 3.63) is 47.8 Å². The third kappa shape index (κ3) is 3.86. The van der Waals surface area contributed by atoms with E-state index >= 15 is 0 Å². The third-order valence-corrected chi connectivity index (χ3v) is 3.15. The van der Waals surface area contributed by atoms with E-state index in [9.17, 15) is 0 Å². The van der Waals surface area contributed by atoms with E-state index in [1.165, 1.54) is 0 Å². The predicted molar refractivity (Wildman–Crippen MR) is 80.9 cm³/mol. The monoisotopic (exact) mass is 288 g/mol. The van der Waals surface area contributed by atoms with Gasteiger partial charge in [0.05, 0.1) is 32.6 Å². The van der Waals surface area contributed by atoms with Crippen molar-refractivity contribution in [1.82, 2.24) is 10.3 Å². The van der Waals surface area contributed by atoms with Crippen LogP contribution in [0.15, 0.2) is 36.5 Å². The fraction of sp³-hybridized carbons (Fsp3) is 0.312. The van der Waals surface area contributed by atoms with Crippen molar-refractivity contribution in [2.24, 2.45) is 0 Å². The van der Waals surface area contributed by atoms with Crippen molar-refractivity contribution < 1.29 is 14.2 Å². The molecule has 0 fully saturated rings. The highest BCUT2D eigenvalue weighted by atomic mass is 16.5. The zero-order valence-electron chi connectivity index (χ0n) is 12.6. The van der Waals surface area contributed by atoms with Crippen LogP contribution in [0.4, 0.5) is 0 Å². The van der Waals surface area contributed by atoms with Crippen LogP contribution in [0.1, 0.15) is 11.3 Å². The van der Waals surface area contributed by atoms with Crippen LogP contribution >= 0.6 is 0 Å². The van der Waals surface area contributed by atoms with E-state index in [1.807, 2.05) is 30.3 Å². The Labute approximate surface area is 124 Å². The summed E-state index contributed by atoms with van der Waals surface area (Å²) in [6.45, 7) is 1.30. The first kappa shape index (κ1) is 15.1. The zero-order valence-corrected chi connectivity index (χ0v) is 12.6. The second-order valence-electron chi connectivity index (χ2n) is 4.44. The molecular weight excluding hydrogens is 268 g/mol. The van der Waals surface area contributed by atoms with Gasteiger partial charge < -0.3 is 19.5 Å². The van der Waals surface area contributed by atoms with Crippen LogP contribution < -0.4 is 19.5 Å². The molecular formula is C16H20N2O3. The lowest BCUT2D eigenvalue weighted by Crippen LogP contribution is -2.15. The topological polar surface area (TPSA) is 52.6 Å². The van der Waals surface area contributed by atoms with Crippen LogP contribution in [0.5, 0.6) is 17.2 Å². The number of nitrogens with one attached hydrogen (secondary N) is 1. The molecule has 1 aromatic heterocycles. The van der Waals surface area contributed by atoms with Crippen molar-refractivity contribution in [2.75, 3.05) is 21.3 Å². The van der Waals surface area contributed by atoms with Crippen LogP contribution in [-0.2, 0) is 13.1 Å². The summed E-state index contributed by atoms with van der Waals surface area (Å²) in [6.07, 6.45) is 1.78. The van der Waals surface area contributed by atoms with Gasteiger partial charge >= 0.3 is 0 Å². The van der Waals surface area contributed by atoms with Crippen molar-refractivity contribution in [2.45, 2.75) is 13.1 Å². The van der Waals surface area contributed by atoms with Crippen molar-refractivity contribution in [3.8, 4) is 17.2 Å². The van der Waals surface area contributed by atoms with Crippen molar-refractivity contribution >= 4 is 0 Å². The van der Waals surface area contributed by atoms with Crippen LogP contribution in [-0.4, -0.2) is 26.3 Å². The number of nitrogens with zero attached hydrogens (tertiary/aromatic N) is 1.